The number of hydrogen-bond acceptors (Lipinski definition) is 1. The molecule has 0 radical (unpaired) electrons. The number of halogens is 2. The normalized spacial score (nSPS) is 24.2. The van der Waals surface area contributed by atoms with E-state index in [4.69, 9.17) is 0 Å². The monoisotopic (exact) mass is 253 g/mol. The van der Waals surface area contributed by atoms with E-state index in [1.54, 1.807) is 0 Å². The molecule has 1 aromatic rings. The van der Waals surface area contributed by atoms with Crippen molar-refractivity contribution < 1.29 is 8.78 Å². The number of benzene rings is 1. The van der Waals surface area contributed by atoms with Crippen molar-refractivity contribution in [3.8, 4) is 0 Å². The second-order valence-corrected chi connectivity index (χ2v) is 5.30. The molecular weight excluding hydrogens is 232 g/mol. The van der Waals surface area contributed by atoms with E-state index in [2.05, 4.69) is 5.32 Å². The summed E-state index contributed by atoms with van der Waals surface area (Å²) in [5.74, 6) is 0.450. The minimum Gasteiger partial charge on any atom is -0.319 e. The molecule has 18 heavy (non-hydrogen) atoms. The molecule has 1 nitrogen and oxygen atoms in total. The van der Waals surface area contributed by atoms with Gasteiger partial charge in [-0.25, -0.2) is 8.78 Å². The van der Waals surface area contributed by atoms with Gasteiger partial charge in [-0.1, -0.05) is 12.8 Å². The minimum absolute atomic E-state index is 0.273. The molecule has 1 aromatic carbocycles. The topological polar surface area (TPSA) is 12.0 Å². The summed E-state index contributed by atoms with van der Waals surface area (Å²) in [4.78, 5) is 0. The van der Waals surface area contributed by atoms with E-state index in [0.717, 1.165) is 13.0 Å². The lowest BCUT2D eigenvalue weighted by molar-refractivity contribution is 0.230. The second kappa shape index (κ2) is 6.28. The molecule has 2 rings (SSSR count). The molecule has 2 unspecified atom stereocenters. The highest BCUT2D eigenvalue weighted by atomic mass is 19.1. The summed E-state index contributed by atoms with van der Waals surface area (Å²) >= 11 is 0. The van der Waals surface area contributed by atoms with Crippen molar-refractivity contribution in [1.29, 1.82) is 0 Å². The Morgan fingerprint density at radius 1 is 1.17 bits per heavy atom. The van der Waals surface area contributed by atoms with Crippen molar-refractivity contribution in [2.75, 3.05) is 13.6 Å². The third-order valence-electron chi connectivity index (χ3n) is 4.02. The van der Waals surface area contributed by atoms with Gasteiger partial charge in [0.25, 0.3) is 0 Å². The first-order chi connectivity index (χ1) is 8.70. The zero-order chi connectivity index (χ0) is 13.0. The van der Waals surface area contributed by atoms with Gasteiger partial charge in [0.05, 0.1) is 0 Å². The van der Waals surface area contributed by atoms with Crippen LogP contribution in [0, 0.1) is 23.5 Å². The molecule has 0 heterocycles. The molecule has 1 aliphatic carbocycles. The SMILES string of the molecule is CNCC1CCCCC1Cc1cc(F)ccc1F. The summed E-state index contributed by atoms with van der Waals surface area (Å²) in [6, 6.07) is 3.77. The lowest BCUT2D eigenvalue weighted by atomic mass is 9.76. The summed E-state index contributed by atoms with van der Waals surface area (Å²) in [5, 5.41) is 3.21. The first-order valence-corrected chi connectivity index (χ1v) is 6.79. The van der Waals surface area contributed by atoms with Crippen LogP contribution in [-0.4, -0.2) is 13.6 Å². The van der Waals surface area contributed by atoms with Gasteiger partial charge in [-0.3, -0.25) is 0 Å². The molecule has 1 saturated carbocycles. The van der Waals surface area contributed by atoms with E-state index >= 15 is 0 Å². The Morgan fingerprint density at radius 2 is 1.89 bits per heavy atom. The van der Waals surface area contributed by atoms with Crippen LogP contribution in [0.25, 0.3) is 0 Å². The molecule has 1 N–H and O–H groups in total. The maximum Gasteiger partial charge on any atom is 0.126 e. The number of rotatable bonds is 4. The minimum atomic E-state index is -0.340. The van der Waals surface area contributed by atoms with Crippen molar-refractivity contribution in [2.45, 2.75) is 32.1 Å². The average Bonchev–Trinajstić information content (AvgIpc) is 2.36. The largest absolute Gasteiger partial charge is 0.319 e. The maximum atomic E-state index is 13.7. The molecule has 0 spiro atoms. The molecule has 0 saturated heterocycles. The van der Waals surface area contributed by atoms with Gasteiger partial charge in [0, 0.05) is 0 Å². The van der Waals surface area contributed by atoms with Crippen LogP contribution in [0.1, 0.15) is 31.2 Å². The zero-order valence-corrected chi connectivity index (χ0v) is 10.9. The highest BCUT2D eigenvalue weighted by Gasteiger charge is 2.25. The molecule has 100 valence electrons. The third-order valence-corrected chi connectivity index (χ3v) is 4.02. The average molecular weight is 253 g/mol. The van der Waals surface area contributed by atoms with Crippen LogP contribution in [0.3, 0.4) is 0 Å². The summed E-state index contributed by atoms with van der Waals surface area (Å²) in [5.41, 5.74) is 0.531. The van der Waals surface area contributed by atoms with E-state index in [1.165, 1.54) is 37.5 Å². The molecule has 2 atom stereocenters. The Bertz CT molecular complexity index is 390. The fourth-order valence-corrected chi connectivity index (χ4v) is 3.07. The van der Waals surface area contributed by atoms with E-state index in [0.29, 0.717) is 23.8 Å². The molecule has 1 fully saturated rings. The highest BCUT2D eigenvalue weighted by Crippen LogP contribution is 2.32. The lowest BCUT2D eigenvalue weighted by Crippen LogP contribution is -2.30. The standard InChI is InChI=1S/C15H21F2N/c1-18-10-12-5-3-2-4-11(12)8-13-9-14(16)6-7-15(13)17/h6-7,9,11-12,18H,2-5,8,10H2,1H3. The zero-order valence-electron chi connectivity index (χ0n) is 10.9. The first-order valence-electron chi connectivity index (χ1n) is 6.79. The fraction of sp³-hybridized carbons (Fsp3) is 0.600. The van der Waals surface area contributed by atoms with Crippen LogP contribution >= 0.6 is 0 Å². The van der Waals surface area contributed by atoms with Crippen LogP contribution in [0.2, 0.25) is 0 Å². The Kier molecular flexibility index (Phi) is 4.70. The molecule has 0 bridgehead atoms. The summed E-state index contributed by atoms with van der Waals surface area (Å²) in [6.45, 7) is 0.974. The predicted molar refractivity (Wildman–Crippen MR) is 69.4 cm³/mol. The maximum absolute atomic E-state index is 13.7. The van der Waals surface area contributed by atoms with Gasteiger partial charge in [-0.2, -0.15) is 0 Å². The number of nitrogens with one attached hydrogen (secondary N) is 1. The Balaban J connectivity index is 2.08. The van der Waals surface area contributed by atoms with Gasteiger partial charge in [0.15, 0.2) is 0 Å². The molecule has 0 aliphatic heterocycles. The van der Waals surface area contributed by atoms with Gasteiger partial charge in [-0.15, -0.1) is 0 Å². The Morgan fingerprint density at radius 3 is 2.61 bits per heavy atom. The summed E-state index contributed by atoms with van der Waals surface area (Å²) < 4.78 is 26.8. The smallest absolute Gasteiger partial charge is 0.126 e. The molecule has 3 heteroatoms. The van der Waals surface area contributed by atoms with Gasteiger partial charge >= 0.3 is 0 Å². The van der Waals surface area contributed by atoms with E-state index in [-0.39, 0.29) is 11.6 Å². The van der Waals surface area contributed by atoms with E-state index in [9.17, 15) is 8.78 Å². The van der Waals surface area contributed by atoms with Crippen molar-refractivity contribution in [1.82, 2.24) is 5.32 Å². The number of hydrogen-bond donors (Lipinski definition) is 1. The van der Waals surface area contributed by atoms with E-state index in [1.807, 2.05) is 7.05 Å². The van der Waals surface area contributed by atoms with Crippen LogP contribution < -0.4 is 5.32 Å². The van der Waals surface area contributed by atoms with Crippen molar-refractivity contribution in [3.05, 3.63) is 35.4 Å². The second-order valence-electron chi connectivity index (χ2n) is 5.30. The quantitative estimate of drug-likeness (QED) is 0.865. The van der Waals surface area contributed by atoms with Crippen molar-refractivity contribution in [3.63, 3.8) is 0 Å². The fourth-order valence-electron chi connectivity index (χ4n) is 3.07. The van der Waals surface area contributed by atoms with Crippen molar-refractivity contribution in [2.24, 2.45) is 11.8 Å². The molecule has 0 aromatic heterocycles. The molecule has 0 amide bonds. The van der Waals surface area contributed by atoms with Crippen LogP contribution in [0.15, 0.2) is 18.2 Å². The Labute approximate surface area is 108 Å². The van der Waals surface area contributed by atoms with Gasteiger partial charge in [0.1, 0.15) is 11.6 Å². The summed E-state index contributed by atoms with van der Waals surface area (Å²) in [6.07, 6.45) is 5.46. The highest BCUT2D eigenvalue weighted by molar-refractivity contribution is 5.19. The van der Waals surface area contributed by atoms with Gasteiger partial charge in [-0.05, 0) is 68.5 Å². The predicted octanol–water partition coefficient (Wildman–Crippen LogP) is 3.53. The third kappa shape index (κ3) is 3.29. The van der Waals surface area contributed by atoms with Gasteiger partial charge in [0.2, 0.25) is 0 Å². The van der Waals surface area contributed by atoms with Gasteiger partial charge < -0.3 is 5.32 Å². The molecular formula is C15H21F2N. The first kappa shape index (κ1) is 13.5. The Hall–Kier alpha value is -0.960. The van der Waals surface area contributed by atoms with E-state index < -0.39 is 0 Å². The van der Waals surface area contributed by atoms with Crippen LogP contribution in [0.4, 0.5) is 8.78 Å². The lowest BCUT2D eigenvalue weighted by Gasteiger charge is -2.31. The summed E-state index contributed by atoms with van der Waals surface area (Å²) in [7, 11) is 1.95. The van der Waals surface area contributed by atoms with Crippen LogP contribution in [-0.2, 0) is 6.42 Å². The van der Waals surface area contributed by atoms with Crippen molar-refractivity contribution >= 4 is 0 Å². The van der Waals surface area contributed by atoms with Crippen LogP contribution in [0.5, 0.6) is 0 Å². The molecule has 1 aliphatic rings.